The molecule has 0 bridgehead atoms. The van der Waals surface area contributed by atoms with Crippen LogP contribution in [0.15, 0.2) is 0 Å². The Morgan fingerprint density at radius 3 is 2.73 bits per heavy atom. The Labute approximate surface area is 98.2 Å². The first kappa shape index (κ1) is 11.7. The second-order valence-electron chi connectivity index (χ2n) is 4.97. The maximum atomic E-state index is 3.75. The van der Waals surface area contributed by atoms with Crippen molar-refractivity contribution in [3.05, 3.63) is 0 Å². The zero-order chi connectivity index (χ0) is 10.7. The molecule has 2 rings (SSSR count). The summed E-state index contributed by atoms with van der Waals surface area (Å²) in [6.07, 6.45) is 4.17. The Hall–Kier alpha value is 0.270. The summed E-state index contributed by atoms with van der Waals surface area (Å²) in [5, 5.41) is 4.56. The van der Waals surface area contributed by atoms with Gasteiger partial charge in [-0.2, -0.15) is 11.8 Å². The monoisotopic (exact) mass is 228 g/mol. The van der Waals surface area contributed by atoms with Crippen LogP contribution < -0.4 is 5.32 Å². The predicted molar refractivity (Wildman–Crippen MR) is 68.6 cm³/mol. The molecule has 0 aromatic carbocycles. The van der Waals surface area contributed by atoms with E-state index in [4.69, 9.17) is 0 Å². The van der Waals surface area contributed by atoms with E-state index in [1.165, 1.54) is 44.6 Å². The lowest BCUT2D eigenvalue weighted by Crippen LogP contribution is -2.43. The van der Waals surface area contributed by atoms with Crippen LogP contribution in [0.2, 0.25) is 0 Å². The minimum Gasteiger partial charge on any atom is -0.311 e. The largest absolute Gasteiger partial charge is 0.311 e. The fourth-order valence-corrected chi connectivity index (χ4v) is 3.86. The Balaban J connectivity index is 1.67. The first-order valence-electron chi connectivity index (χ1n) is 6.36. The van der Waals surface area contributed by atoms with Gasteiger partial charge < -0.3 is 5.32 Å². The zero-order valence-corrected chi connectivity index (χ0v) is 10.9. The van der Waals surface area contributed by atoms with Gasteiger partial charge in [-0.1, -0.05) is 6.92 Å². The smallest absolute Gasteiger partial charge is 0.0192 e. The Bertz CT molecular complexity index is 192. The second kappa shape index (κ2) is 5.55. The van der Waals surface area contributed by atoms with Gasteiger partial charge in [0.2, 0.25) is 0 Å². The molecule has 0 saturated carbocycles. The van der Waals surface area contributed by atoms with Crippen molar-refractivity contribution < 1.29 is 0 Å². The summed E-state index contributed by atoms with van der Waals surface area (Å²) in [5.41, 5.74) is 0. The van der Waals surface area contributed by atoms with Gasteiger partial charge in [-0.05, 0) is 45.0 Å². The molecule has 15 heavy (non-hydrogen) atoms. The molecule has 3 unspecified atom stereocenters. The van der Waals surface area contributed by atoms with Gasteiger partial charge in [-0.3, -0.25) is 4.90 Å². The molecular formula is C12H24N2S. The standard InChI is InChI=1S/C12H24N2S/c1-10(14-6-3-4-7-14)9-13-12-5-8-15-11(12)2/h10-13H,3-9H2,1-2H3. The molecule has 0 aromatic rings. The van der Waals surface area contributed by atoms with Gasteiger partial charge in [-0.25, -0.2) is 0 Å². The lowest BCUT2D eigenvalue weighted by Gasteiger charge is -2.26. The third-order valence-electron chi connectivity index (χ3n) is 3.82. The van der Waals surface area contributed by atoms with Crippen LogP contribution in [0.5, 0.6) is 0 Å². The number of rotatable bonds is 4. The van der Waals surface area contributed by atoms with Crippen LogP contribution in [-0.4, -0.2) is 47.6 Å². The van der Waals surface area contributed by atoms with Crippen LogP contribution in [0.3, 0.4) is 0 Å². The minimum absolute atomic E-state index is 0.727. The summed E-state index contributed by atoms with van der Waals surface area (Å²) in [6.45, 7) is 8.53. The number of likely N-dealkylation sites (tertiary alicyclic amines) is 1. The predicted octanol–water partition coefficient (Wildman–Crippen LogP) is 1.95. The van der Waals surface area contributed by atoms with E-state index in [1.807, 2.05) is 0 Å². The first-order valence-corrected chi connectivity index (χ1v) is 7.41. The summed E-state index contributed by atoms with van der Waals surface area (Å²) in [7, 11) is 0. The molecule has 3 atom stereocenters. The van der Waals surface area contributed by atoms with Gasteiger partial charge in [0.25, 0.3) is 0 Å². The number of hydrogen-bond acceptors (Lipinski definition) is 3. The third kappa shape index (κ3) is 3.11. The second-order valence-corrected chi connectivity index (χ2v) is 6.46. The highest BCUT2D eigenvalue weighted by molar-refractivity contribution is 8.00. The molecule has 0 amide bonds. The molecule has 2 heterocycles. The van der Waals surface area contributed by atoms with Crippen molar-refractivity contribution in [2.75, 3.05) is 25.4 Å². The fraction of sp³-hybridized carbons (Fsp3) is 1.00. The maximum absolute atomic E-state index is 3.75. The van der Waals surface area contributed by atoms with Gasteiger partial charge in [-0.15, -0.1) is 0 Å². The molecule has 0 aliphatic carbocycles. The quantitative estimate of drug-likeness (QED) is 0.792. The molecule has 3 heteroatoms. The molecule has 0 radical (unpaired) electrons. The van der Waals surface area contributed by atoms with E-state index in [0.717, 1.165) is 17.3 Å². The number of thioether (sulfide) groups is 1. The van der Waals surface area contributed by atoms with E-state index >= 15 is 0 Å². The van der Waals surface area contributed by atoms with Crippen molar-refractivity contribution >= 4 is 11.8 Å². The normalized spacial score (nSPS) is 34.8. The van der Waals surface area contributed by atoms with Crippen LogP contribution >= 0.6 is 11.8 Å². The number of nitrogens with one attached hydrogen (secondary N) is 1. The van der Waals surface area contributed by atoms with Crippen molar-refractivity contribution in [3.63, 3.8) is 0 Å². The minimum atomic E-state index is 0.727. The molecular weight excluding hydrogens is 204 g/mol. The molecule has 0 spiro atoms. The van der Waals surface area contributed by atoms with Gasteiger partial charge in [0.05, 0.1) is 0 Å². The van der Waals surface area contributed by atoms with Crippen molar-refractivity contribution in [2.24, 2.45) is 0 Å². The van der Waals surface area contributed by atoms with E-state index in [0.29, 0.717) is 0 Å². The van der Waals surface area contributed by atoms with Gasteiger partial charge >= 0.3 is 0 Å². The summed E-state index contributed by atoms with van der Waals surface area (Å²) < 4.78 is 0. The highest BCUT2D eigenvalue weighted by Crippen LogP contribution is 2.26. The van der Waals surface area contributed by atoms with Gasteiger partial charge in [0.15, 0.2) is 0 Å². The molecule has 2 nitrogen and oxygen atoms in total. The zero-order valence-electron chi connectivity index (χ0n) is 10.0. The van der Waals surface area contributed by atoms with Crippen LogP contribution in [0.4, 0.5) is 0 Å². The van der Waals surface area contributed by atoms with E-state index in [-0.39, 0.29) is 0 Å². The van der Waals surface area contributed by atoms with Crippen molar-refractivity contribution in [1.82, 2.24) is 10.2 Å². The summed E-state index contributed by atoms with van der Waals surface area (Å²) in [4.78, 5) is 2.62. The molecule has 2 aliphatic heterocycles. The average molecular weight is 228 g/mol. The fourth-order valence-electron chi connectivity index (χ4n) is 2.63. The van der Waals surface area contributed by atoms with Crippen molar-refractivity contribution in [1.29, 1.82) is 0 Å². The lowest BCUT2D eigenvalue weighted by atomic mass is 10.1. The van der Waals surface area contributed by atoms with Crippen LogP contribution in [0.25, 0.3) is 0 Å². The van der Waals surface area contributed by atoms with Crippen LogP contribution in [0, 0.1) is 0 Å². The highest BCUT2D eigenvalue weighted by Gasteiger charge is 2.25. The summed E-state index contributed by atoms with van der Waals surface area (Å²) in [5.74, 6) is 1.34. The summed E-state index contributed by atoms with van der Waals surface area (Å²) in [6, 6.07) is 1.49. The van der Waals surface area contributed by atoms with Gasteiger partial charge in [0.1, 0.15) is 0 Å². The maximum Gasteiger partial charge on any atom is 0.0192 e. The Morgan fingerprint density at radius 2 is 2.13 bits per heavy atom. The van der Waals surface area contributed by atoms with Crippen molar-refractivity contribution in [3.8, 4) is 0 Å². The average Bonchev–Trinajstić information content (AvgIpc) is 2.85. The van der Waals surface area contributed by atoms with E-state index < -0.39 is 0 Å². The number of nitrogens with zero attached hydrogens (tertiary/aromatic N) is 1. The SMILES string of the molecule is CC1SCCC1NCC(C)N1CCCC1. The molecule has 2 aliphatic rings. The first-order chi connectivity index (χ1) is 7.27. The van der Waals surface area contributed by atoms with E-state index in [2.05, 4.69) is 35.8 Å². The van der Waals surface area contributed by atoms with Crippen LogP contribution in [-0.2, 0) is 0 Å². The number of hydrogen-bond donors (Lipinski definition) is 1. The molecule has 2 saturated heterocycles. The van der Waals surface area contributed by atoms with E-state index in [1.54, 1.807) is 0 Å². The Kier molecular flexibility index (Phi) is 4.35. The summed E-state index contributed by atoms with van der Waals surface area (Å²) >= 11 is 2.11. The topological polar surface area (TPSA) is 15.3 Å². The molecule has 2 fully saturated rings. The Morgan fingerprint density at radius 1 is 1.40 bits per heavy atom. The van der Waals surface area contributed by atoms with Crippen LogP contribution in [0.1, 0.15) is 33.1 Å². The van der Waals surface area contributed by atoms with Gasteiger partial charge in [0, 0.05) is 23.9 Å². The van der Waals surface area contributed by atoms with Crippen molar-refractivity contribution in [2.45, 2.75) is 50.4 Å². The highest BCUT2D eigenvalue weighted by atomic mass is 32.2. The van der Waals surface area contributed by atoms with E-state index in [9.17, 15) is 0 Å². The lowest BCUT2D eigenvalue weighted by molar-refractivity contribution is 0.245. The molecule has 1 N–H and O–H groups in total. The molecule has 88 valence electrons. The third-order valence-corrected chi connectivity index (χ3v) is 5.14. The molecule has 0 aromatic heterocycles.